The van der Waals surface area contributed by atoms with E-state index in [0.29, 0.717) is 35.9 Å². The number of carboxylic acid groups (broad SMARTS) is 1. The monoisotopic (exact) mass is 1120 g/mol. The number of rotatable bonds is 16. The van der Waals surface area contributed by atoms with E-state index in [4.69, 9.17) is 37.4 Å². The number of hydrogen-bond acceptors (Lipinski definition) is 13. The largest absolute Gasteiger partial charge is 0.573 e. The van der Waals surface area contributed by atoms with Gasteiger partial charge in [0.15, 0.2) is 0 Å². The Morgan fingerprint density at radius 1 is 0.689 bits per heavy atom. The molecule has 0 saturated heterocycles. The van der Waals surface area contributed by atoms with Crippen LogP contribution in [0.2, 0.25) is 10.0 Å². The van der Waals surface area contributed by atoms with Gasteiger partial charge in [-0.1, -0.05) is 47.0 Å². The van der Waals surface area contributed by atoms with Gasteiger partial charge in [-0.2, -0.15) is 13.2 Å². The predicted octanol–water partition coefficient (Wildman–Crippen LogP) is 8.94. The van der Waals surface area contributed by atoms with Gasteiger partial charge in [-0.3, -0.25) is 19.1 Å². The third-order valence-corrected chi connectivity index (χ3v) is 13.1. The summed E-state index contributed by atoms with van der Waals surface area (Å²) in [6.45, 7) is 1.51. The van der Waals surface area contributed by atoms with Crippen molar-refractivity contribution in [3.63, 3.8) is 0 Å². The van der Waals surface area contributed by atoms with E-state index in [-0.39, 0.29) is 10.8 Å². The summed E-state index contributed by atoms with van der Waals surface area (Å²) in [6, 6.07) is 15.2. The molecule has 4 N–H and O–H groups in total. The summed E-state index contributed by atoms with van der Waals surface area (Å²) in [5, 5.41) is 15.2. The molecule has 0 bridgehead atoms. The molecule has 0 unspecified atom stereocenters. The second-order valence-corrected chi connectivity index (χ2v) is 19.0. The molecule has 0 atom stereocenters. The van der Waals surface area contributed by atoms with E-state index in [1.165, 1.54) is 25.1 Å². The molecule has 0 aliphatic carbocycles. The summed E-state index contributed by atoms with van der Waals surface area (Å²) in [7, 11) is -9.17. The van der Waals surface area contributed by atoms with Gasteiger partial charge in [0.2, 0.25) is 0 Å². The maximum atomic E-state index is 16.5. The molecule has 6 aromatic carbocycles. The fraction of sp³-hybridized carbons (Fsp3) is 0.111. The van der Waals surface area contributed by atoms with Crippen LogP contribution in [0.4, 0.5) is 58.3 Å². The number of ether oxygens (including phenoxy) is 4. The number of sulfonamides is 2. The number of carbonyl (C=O) groups is 4. The SMILES string of the molecule is COc1ccc(OC)c(S(=O)(=O)NN(C(=O)c2ccc(C)cc2)c2c(OC(=O)[O-])c(NS(=O)(=O)c3ccc(OC(F)(F)F)cc3)c(NC(=O)c3cccc(F)c3)c(NC(=O)c3ccc(Cl)cc3Cl)c2C(F)(F)F)c1. The number of halogens is 9. The van der Waals surface area contributed by atoms with Crippen molar-refractivity contribution < 1.29 is 90.8 Å². The van der Waals surface area contributed by atoms with Crippen LogP contribution < -0.4 is 49.2 Å². The van der Waals surface area contributed by atoms with Crippen molar-refractivity contribution in [2.24, 2.45) is 0 Å². The molecule has 74 heavy (non-hydrogen) atoms. The van der Waals surface area contributed by atoms with E-state index < -0.39 is 144 Å². The lowest BCUT2D eigenvalue weighted by Gasteiger charge is -2.34. The number of hydrogen-bond donors (Lipinski definition) is 4. The van der Waals surface area contributed by atoms with Gasteiger partial charge in [-0.05, 0) is 91.9 Å². The molecule has 6 aromatic rings. The minimum atomic E-state index is -6.17. The van der Waals surface area contributed by atoms with Crippen molar-refractivity contribution >= 4 is 89.9 Å². The van der Waals surface area contributed by atoms with Crippen molar-refractivity contribution in [3.05, 3.63) is 153 Å². The topological polar surface area (TPSA) is 248 Å². The minimum absolute atomic E-state index is 0.114. The zero-order valence-corrected chi connectivity index (χ0v) is 40.5. The van der Waals surface area contributed by atoms with Gasteiger partial charge in [-0.15, -0.1) is 18.0 Å². The van der Waals surface area contributed by atoms with Crippen LogP contribution >= 0.6 is 23.2 Å². The van der Waals surface area contributed by atoms with Crippen molar-refractivity contribution in [3.8, 4) is 23.0 Å². The van der Waals surface area contributed by atoms with Crippen LogP contribution in [0, 0.1) is 12.7 Å². The number of carbonyl (C=O) groups excluding carboxylic acids is 4. The normalized spacial score (nSPS) is 11.8. The molecule has 3 amide bonds. The molecule has 0 spiro atoms. The van der Waals surface area contributed by atoms with Gasteiger partial charge in [0.25, 0.3) is 43.9 Å². The second-order valence-electron chi connectivity index (χ2n) is 14.8. The van der Waals surface area contributed by atoms with Gasteiger partial charge in [0.05, 0.1) is 41.1 Å². The zero-order chi connectivity index (χ0) is 54.7. The van der Waals surface area contributed by atoms with Gasteiger partial charge in [-0.25, -0.2) is 26.2 Å². The van der Waals surface area contributed by atoms with Crippen LogP contribution in [-0.4, -0.2) is 61.3 Å². The number of hydrazine groups is 1. The lowest BCUT2D eigenvalue weighted by molar-refractivity contribution is -0.275. The number of amides is 3. The number of anilines is 4. The molecule has 0 aliphatic heterocycles. The molecule has 29 heteroatoms. The van der Waals surface area contributed by atoms with Gasteiger partial charge in [0, 0.05) is 22.2 Å². The summed E-state index contributed by atoms with van der Waals surface area (Å²) in [6.07, 6.45) is -14.3. The highest BCUT2D eigenvalue weighted by atomic mass is 35.5. The Kier molecular flexibility index (Phi) is 16.3. The van der Waals surface area contributed by atoms with Gasteiger partial charge < -0.3 is 39.5 Å². The zero-order valence-electron chi connectivity index (χ0n) is 37.4. The van der Waals surface area contributed by atoms with Crippen LogP contribution in [0.5, 0.6) is 23.0 Å². The molecule has 0 aliphatic rings. The van der Waals surface area contributed by atoms with Crippen molar-refractivity contribution in [1.29, 1.82) is 0 Å². The van der Waals surface area contributed by atoms with E-state index in [9.17, 15) is 58.7 Å². The third-order valence-electron chi connectivity index (χ3n) is 9.84. The van der Waals surface area contributed by atoms with Gasteiger partial charge in [0.1, 0.15) is 50.6 Å². The molecule has 18 nitrogen and oxygen atoms in total. The number of benzene rings is 6. The third kappa shape index (κ3) is 12.8. The van der Waals surface area contributed by atoms with E-state index in [0.717, 1.165) is 74.9 Å². The Hall–Kier alpha value is -7.85. The standard InChI is InChI=1S/C45H32Cl2F7N5O13S2/c1-22-7-9-23(10-8-22)42(62)59(58-74(67,68)33-21-28(69-2)14-18-32(33)70-3)38-34(44(49,50)51)35(55-41(61)30-17-11-25(46)20-31(30)47)36(56-40(60)24-5-4-6-26(48)19-24)37(39(38)71-43(63)64)57-73(65,66)29-15-12-27(13-16-29)72-45(52,53)54/h4-21,57-58H,1-3H3,(H,55,61)(H,56,60)(H,63,64)/p-1. The lowest BCUT2D eigenvalue weighted by atomic mass is 10.0. The molecule has 390 valence electrons. The first-order valence-electron chi connectivity index (χ1n) is 20.1. The highest BCUT2D eigenvalue weighted by Crippen LogP contribution is 2.56. The number of alkyl halides is 6. The van der Waals surface area contributed by atoms with Gasteiger partial charge >= 0.3 is 12.5 Å². The van der Waals surface area contributed by atoms with Crippen LogP contribution in [0.15, 0.2) is 119 Å². The van der Waals surface area contributed by atoms with Crippen LogP contribution in [0.3, 0.4) is 0 Å². The van der Waals surface area contributed by atoms with E-state index in [1.54, 1.807) is 9.55 Å². The second kappa shape index (κ2) is 21.7. The highest BCUT2D eigenvalue weighted by molar-refractivity contribution is 7.92. The maximum absolute atomic E-state index is 16.5. The number of methoxy groups -OCH3 is 2. The first-order valence-corrected chi connectivity index (χ1v) is 23.8. The average molecular weight is 1120 g/mol. The first kappa shape index (κ1) is 55.5. The Morgan fingerprint density at radius 2 is 1.32 bits per heavy atom. The molecular formula is C45H31Cl2F7N5O13S2-. The minimum Gasteiger partial charge on any atom is -0.509 e. The Labute approximate surface area is 423 Å². The summed E-state index contributed by atoms with van der Waals surface area (Å²) in [4.78, 5) is 55.5. The quantitative estimate of drug-likeness (QED) is 0.0306. The summed E-state index contributed by atoms with van der Waals surface area (Å²) in [5.74, 6) is -10.1. The fourth-order valence-electron chi connectivity index (χ4n) is 6.59. The lowest BCUT2D eigenvalue weighted by Crippen LogP contribution is -2.48. The summed E-state index contributed by atoms with van der Waals surface area (Å²) in [5.41, 5.74) is -11.6. The first-order chi connectivity index (χ1) is 34.5. The summed E-state index contributed by atoms with van der Waals surface area (Å²) < 4.78 is 182. The molecule has 0 aromatic heterocycles. The van der Waals surface area contributed by atoms with E-state index in [2.05, 4.69) is 4.74 Å². The van der Waals surface area contributed by atoms with Crippen LogP contribution in [0.1, 0.15) is 42.2 Å². The van der Waals surface area contributed by atoms with Crippen LogP contribution in [0.25, 0.3) is 0 Å². The molecule has 6 rings (SSSR count). The fourth-order valence-corrected chi connectivity index (χ4v) is 9.36. The maximum Gasteiger partial charge on any atom is 0.573 e. The van der Waals surface area contributed by atoms with E-state index in [1.807, 2.05) is 10.6 Å². The highest BCUT2D eigenvalue weighted by Gasteiger charge is 2.46. The molecule has 0 heterocycles. The Bertz CT molecular complexity index is 3430. The van der Waals surface area contributed by atoms with Crippen LogP contribution in [-0.2, 0) is 26.2 Å². The smallest absolute Gasteiger partial charge is 0.509 e. The van der Waals surface area contributed by atoms with Crippen molar-refractivity contribution in [2.75, 3.05) is 34.6 Å². The molecular weight excluding hydrogens is 1090 g/mol. The Balaban J connectivity index is 1.83. The number of nitrogens with zero attached hydrogens (tertiary/aromatic N) is 1. The number of aryl methyl sites for hydroxylation is 1. The molecule has 0 radical (unpaired) electrons. The molecule has 0 fully saturated rings. The molecule has 0 saturated carbocycles. The predicted molar refractivity (Wildman–Crippen MR) is 248 cm³/mol. The number of nitrogens with one attached hydrogen (secondary N) is 4. The van der Waals surface area contributed by atoms with Crippen molar-refractivity contribution in [1.82, 2.24) is 4.83 Å². The Morgan fingerprint density at radius 3 is 1.89 bits per heavy atom. The van der Waals surface area contributed by atoms with E-state index >= 15 is 13.2 Å². The average Bonchev–Trinajstić information content (AvgIpc) is 3.31. The summed E-state index contributed by atoms with van der Waals surface area (Å²) >= 11 is 12.2. The van der Waals surface area contributed by atoms with Crippen molar-refractivity contribution in [2.45, 2.75) is 29.3 Å².